The minimum Gasteiger partial charge on any atom is -0.472 e. The highest BCUT2D eigenvalue weighted by Gasteiger charge is 2.15. The van der Waals surface area contributed by atoms with E-state index in [4.69, 9.17) is 20.8 Å². The van der Waals surface area contributed by atoms with Crippen LogP contribution in [0.15, 0.2) is 23.0 Å². The Morgan fingerprint density at radius 3 is 2.93 bits per heavy atom. The van der Waals surface area contributed by atoms with Crippen LogP contribution in [0, 0.1) is 0 Å². The second kappa shape index (κ2) is 6.48. The molecule has 0 aliphatic heterocycles. The minimum absolute atomic E-state index is 0.0820. The van der Waals surface area contributed by atoms with Gasteiger partial charge in [0, 0.05) is 26.1 Å². The van der Waals surface area contributed by atoms with Gasteiger partial charge in [-0.25, -0.2) is 0 Å². The van der Waals surface area contributed by atoms with Crippen LogP contribution in [0.25, 0.3) is 0 Å². The van der Waals surface area contributed by atoms with Crippen LogP contribution in [0.5, 0.6) is 0 Å². The predicted molar refractivity (Wildman–Crippen MR) is 57.2 cm³/mol. The van der Waals surface area contributed by atoms with E-state index in [-0.39, 0.29) is 5.91 Å². The van der Waals surface area contributed by atoms with Gasteiger partial charge in [0.1, 0.15) is 6.26 Å². The minimum atomic E-state index is -0.0820. The van der Waals surface area contributed by atoms with Crippen LogP contribution in [-0.2, 0) is 4.74 Å². The molecular weight excluding hydrogens is 218 g/mol. The zero-order valence-corrected chi connectivity index (χ0v) is 9.37. The maximum Gasteiger partial charge on any atom is 0.257 e. The zero-order valence-electron chi connectivity index (χ0n) is 8.61. The van der Waals surface area contributed by atoms with Gasteiger partial charge in [-0.1, -0.05) is 0 Å². The molecule has 0 saturated carbocycles. The van der Waals surface area contributed by atoms with Crippen LogP contribution in [0.4, 0.5) is 0 Å². The fourth-order valence-electron chi connectivity index (χ4n) is 1.19. The van der Waals surface area contributed by atoms with E-state index in [9.17, 15) is 4.79 Å². The van der Waals surface area contributed by atoms with E-state index in [0.29, 0.717) is 31.1 Å². The second-order valence-corrected chi connectivity index (χ2v) is 3.36. The van der Waals surface area contributed by atoms with Crippen molar-refractivity contribution in [2.24, 2.45) is 0 Å². The molecule has 0 spiro atoms. The van der Waals surface area contributed by atoms with Crippen molar-refractivity contribution in [1.29, 1.82) is 0 Å². The summed E-state index contributed by atoms with van der Waals surface area (Å²) in [6.07, 6.45) is 2.90. The first-order valence-electron chi connectivity index (χ1n) is 4.66. The van der Waals surface area contributed by atoms with E-state index >= 15 is 0 Å². The van der Waals surface area contributed by atoms with Crippen molar-refractivity contribution in [3.05, 3.63) is 24.2 Å². The molecule has 1 aromatic rings. The fraction of sp³-hybridized carbons (Fsp3) is 0.500. The normalized spacial score (nSPS) is 10.3. The van der Waals surface area contributed by atoms with E-state index < -0.39 is 0 Å². The molecule has 0 aliphatic carbocycles. The van der Waals surface area contributed by atoms with Crippen LogP contribution in [0.1, 0.15) is 10.4 Å². The lowest BCUT2D eigenvalue weighted by atomic mass is 10.3. The maximum absolute atomic E-state index is 11.9. The molecular formula is C10H14ClNO3. The fourth-order valence-corrected chi connectivity index (χ4v) is 1.39. The summed E-state index contributed by atoms with van der Waals surface area (Å²) in [5.41, 5.74) is 0.538. The molecule has 0 unspecified atom stereocenters. The lowest BCUT2D eigenvalue weighted by Crippen LogP contribution is -2.35. The number of carbonyl (C=O) groups is 1. The SMILES string of the molecule is COCCN(CCCl)C(=O)c1ccoc1. The number of ether oxygens (including phenoxy) is 1. The Morgan fingerprint density at radius 1 is 1.60 bits per heavy atom. The summed E-state index contributed by atoms with van der Waals surface area (Å²) < 4.78 is 9.78. The number of halogens is 1. The van der Waals surface area contributed by atoms with Crippen molar-refractivity contribution < 1.29 is 13.9 Å². The summed E-state index contributed by atoms with van der Waals surface area (Å²) in [6.45, 7) is 1.54. The third kappa shape index (κ3) is 3.57. The summed E-state index contributed by atoms with van der Waals surface area (Å²) in [7, 11) is 1.60. The Morgan fingerprint density at radius 2 is 2.40 bits per heavy atom. The van der Waals surface area contributed by atoms with E-state index in [0.717, 1.165) is 0 Å². The molecule has 1 heterocycles. The number of carbonyl (C=O) groups excluding carboxylic acids is 1. The average molecular weight is 232 g/mol. The molecule has 0 radical (unpaired) electrons. The number of amides is 1. The van der Waals surface area contributed by atoms with Gasteiger partial charge in [0.25, 0.3) is 5.91 Å². The molecule has 0 aromatic carbocycles. The summed E-state index contributed by atoms with van der Waals surface area (Å²) in [5.74, 6) is 0.328. The molecule has 1 rings (SSSR count). The molecule has 1 amide bonds. The Hall–Kier alpha value is -1.00. The predicted octanol–water partition coefficient (Wildman–Crippen LogP) is 1.61. The van der Waals surface area contributed by atoms with Crippen LogP contribution in [0.2, 0.25) is 0 Å². The van der Waals surface area contributed by atoms with Crippen LogP contribution in [-0.4, -0.2) is 43.5 Å². The van der Waals surface area contributed by atoms with Crippen molar-refractivity contribution >= 4 is 17.5 Å². The molecule has 84 valence electrons. The standard InChI is InChI=1S/C10H14ClNO3/c1-14-7-5-12(4-3-11)10(13)9-2-6-15-8-9/h2,6,8H,3-5,7H2,1H3. The van der Waals surface area contributed by atoms with Gasteiger partial charge in [-0.05, 0) is 6.07 Å². The first-order valence-corrected chi connectivity index (χ1v) is 5.19. The highest BCUT2D eigenvalue weighted by molar-refractivity contribution is 6.18. The number of hydrogen-bond acceptors (Lipinski definition) is 3. The number of rotatable bonds is 6. The Labute approximate surface area is 93.8 Å². The molecule has 0 aliphatic rings. The largest absolute Gasteiger partial charge is 0.472 e. The van der Waals surface area contributed by atoms with E-state index in [1.165, 1.54) is 12.5 Å². The van der Waals surface area contributed by atoms with Crippen LogP contribution < -0.4 is 0 Å². The number of alkyl halides is 1. The monoisotopic (exact) mass is 231 g/mol. The van der Waals surface area contributed by atoms with Crippen molar-refractivity contribution in [3.8, 4) is 0 Å². The van der Waals surface area contributed by atoms with Gasteiger partial charge >= 0.3 is 0 Å². The van der Waals surface area contributed by atoms with Gasteiger partial charge in [0.15, 0.2) is 0 Å². The number of furan rings is 1. The van der Waals surface area contributed by atoms with E-state index in [2.05, 4.69) is 0 Å². The number of hydrogen-bond donors (Lipinski definition) is 0. The molecule has 5 heteroatoms. The van der Waals surface area contributed by atoms with Gasteiger partial charge in [-0.3, -0.25) is 4.79 Å². The third-order valence-corrected chi connectivity index (χ3v) is 2.14. The molecule has 15 heavy (non-hydrogen) atoms. The quantitative estimate of drug-likeness (QED) is 0.699. The Bertz CT molecular complexity index is 287. The molecule has 0 bridgehead atoms. The highest BCUT2D eigenvalue weighted by Crippen LogP contribution is 2.05. The topological polar surface area (TPSA) is 42.7 Å². The number of nitrogens with zero attached hydrogens (tertiary/aromatic N) is 1. The Balaban J connectivity index is 2.58. The van der Waals surface area contributed by atoms with Gasteiger partial charge in [0.05, 0.1) is 18.4 Å². The molecule has 0 atom stereocenters. The lowest BCUT2D eigenvalue weighted by molar-refractivity contribution is 0.0707. The number of methoxy groups -OCH3 is 1. The summed E-state index contributed by atoms with van der Waals surface area (Å²) in [4.78, 5) is 13.5. The van der Waals surface area contributed by atoms with Crippen molar-refractivity contribution in [2.45, 2.75) is 0 Å². The van der Waals surface area contributed by atoms with E-state index in [1.54, 1.807) is 18.1 Å². The third-order valence-electron chi connectivity index (χ3n) is 1.98. The van der Waals surface area contributed by atoms with Crippen LogP contribution in [0.3, 0.4) is 0 Å². The first kappa shape index (κ1) is 12.1. The maximum atomic E-state index is 11.9. The molecule has 0 saturated heterocycles. The Kier molecular flexibility index (Phi) is 5.21. The molecule has 0 fully saturated rings. The molecule has 0 N–H and O–H groups in total. The summed E-state index contributed by atoms with van der Waals surface area (Å²) in [6, 6.07) is 1.64. The van der Waals surface area contributed by atoms with Gasteiger partial charge in [0.2, 0.25) is 0 Å². The van der Waals surface area contributed by atoms with Gasteiger partial charge < -0.3 is 14.1 Å². The summed E-state index contributed by atoms with van der Waals surface area (Å²) >= 11 is 5.62. The van der Waals surface area contributed by atoms with Gasteiger partial charge in [-0.15, -0.1) is 11.6 Å². The first-order chi connectivity index (χ1) is 7.29. The lowest BCUT2D eigenvalue weighted by Gasteiger charge is -2.20. The molecule has 4 nitrogen and oxygen atoms in total. The zero-order chi connectivity index (χ0) is 11.1. The van der Waals surface area contributed by atoms with Gasteiger partial charge in [-0.2, -0.15) is 0 Å². The smallest absolute Gasteiger partial charge is 0.257 e. The highest BCUT2D eigenvalue weighted by atomic mass is 35.5. The van der Waals surface area contributed by atoms with Crippen molar-refractivity contribution in [2.75, 3.05) is 32.7 Å². The average Bonchev–Trinajstić information content (AvgIpc) is 2.76. The van der Waals surface area contributed by atoms with E-state index in [1.807, 2.05) is 0 Å². The van der Waals surface area contributed by atoms with Crippen molar-refractivity contribution in [3.63, 3.8) is 0 Å². The van der Waals surface area contributed by atoms with Crippen LogP contribution >= 0.6 is 11.6 Å². The second-order valence-electron chi connectivity index (χ2n) is 2.99. The molecule has 1 aromatic heterocycles. The van der Waals surface area contributed by atoms with Crippen molar-refractivity contribution in [1.82, 2.24) is 4.90 Å². The summed E-state index contributed by atoms with van der Waals surface area (Å²) in [5, 5.41) is 0.